The fourth-order valence-corrected chi connectivity index (χ4v) is 3.60. The van der Waals surface area contributed by atoms with E-state index in [-0.39, 0.29) is 10.6 Å². The molecule has 0 unspecified atom stereocenters. The number of hydrogen-bond donors (Lipinski definition) is 0. The van der Waals surface area contributed by atoms with Crippen LogP contribution in [0.3, 0.4) is 0 Å². The van der Waals surface area contributed by atoms with E-state index < -0.39 is 15.7 Å². The Morgan fingerprint density at radius 1 is 1.11 bits per heavy atom. The molecule has 0 aliphatic heterocycles. The molecule has 0 spiro atoms. The van der Waals surface area contributed by atoms with Crippen molar-refractivity contribution in [1.82, 2.24) is 0 Å². The Bertz CT molecular complexity index is 679. The predicted octanol–water partition coefficient (Wildman–Crippen LogP) is 4.22. The van der Waals surface area contributed by atoms with Crippen LogP contribution in [-0.4, -0.2) is 8.42 Å². The van der Waals surface area contributed by atoms with E-state index in [1.165, 1.54) is 36.4 Å². The highest BCUT2D eigenvalue weighted by atomic mass is 79.9. The third kappa shape index (κ3) is 3.78. The quantitative estimate of drug-likeness (QED) is 0.818. The van der Waals surface area contributed by atoms with Gasteiger partial charge in [-0.3, -0.25) is 0 Å². The minimum absolute atomic E-state index is 0.164. The van der Waals surface area contributed by atoms with Crippen LogP contribution in [0.25, 0.3) is 0 Å². The van der Waals surface area contributed by atoms with E-state index in [0.29, 0.717) is 15.1 Å². The van der Waals surface area contributed by atoms with Crippen LogP contribution in [0.5, 0.6) is 0 Å². The molecule has 0 N–H and O–H groups in total. The van der Waals surface area contributed by atoms with Crippen LogP contribution in [0.4, 0.5) is 4.39 Å². The van der Waals surface area contributed by atoms with Crippen molar-refractivity contribution in [2.24, 2.45) is 0 Å². The maximum atomic E-state index is 13.2. The zero-order valence-electron chi connectivity index (χ0n) is 9.61. The lowest BCUT2D eigenvalue weighted by Gasteiger charge is -2.06. The Kier molecular flexibility index (Phi) is 4.28. The fraction of sp³-hybridized carbons (Fsp3) is 0.0769. The molecular weight excluding hydrogens is 355 g/mol. The second-order valence-corrected chi connectivity index (χ2v) is 7.33. The smallest absolute Gasteiger partial charge is 0.182 e. The van der Waals surface area contributed by atoms with Crippen molar-refractivity contribution >= 4 is 37.4 Å². The van der Waals surface area contributed by atoms with Crippen LogP contribution in [0, 0.1) is 5.82 Å². The lowest BCUT2D eigenvalue weighted by molar-refractivity contribution is 0.594. The molecule has 0 saturated carbocycles. The summed E-state index contributed by atoms with van der Waals surface area (Å²) in [5.41, 5.74) is 0.391. The SMILES string of the molecule is O=S(=O)(Cc1cc(F)cc(Br)c1)c1ccc(Cl)cc1. The molecule has 2 nitrogen and oxygen atoms in total. The van der Waals surface area contributed by atoms with Gasteiger partial charge in [-0.2, -0.15) is 0 Å². The number of sulfone groups is 1. The lowest BCUT2D eigenvalue weighted by atomic mass is 10.2. The second kappa shape index (κ2) is 5.61. The molecule has 0 fully saturated rings. The van der Waals surface area contributed by atoms with E-state index in [2.05, 4.69) is 15.9 Å². The summed E-state index contributed by atoms with van der Waals surface area (Å²) in [6, 6.07) is 9.96. The monoisotopic (exact) mass is 362 g/mol. The van der Waals surface area contributed by atoms with Gasteiger partial charge in [-0.25, -0.2) is 12.8 Å². The summed E-state index contributed by atoms with van der Waals surface area (Å²) in [4.78, 5) is 0.164. The van der Waals surface area contributed by atoms with E-state index in [4.69, 9.17) is 11.6 Å². The lowest BCUT2D eigenvalue weighted by Crippen LogP contribution is -2.05. The molecule has 2 aromatic rings. The summed E-state index contributed by atoms with van der Waals surface area (Å²) in [6.07, 6.45) is 0. The first kappa shape index (κ1) is 14.5. The largest absolute Gasteiger partial charge is 0.223 e. The zero-order valence-corrected chi connectivity index (χ0v) is 12.8. The van der Waals surface area contributed by atoms with Gasteiger partial charge < -0.3 is 0 Å². The molecule has 0 saturated heterocycles. The number of halogens is 3. The van der Waals surface area contributed by atoms with Gasteiger partial charge in [0.2, 0.25) is 0 Å². The first-order valence-electron chi connectivity index (χ1n) is 5.30. The molecule has 0 radical (unpaired) electrons. The van der Waals surface area contributed by atoms with Gasteiger partial charge in [-0.05, 0) is 48.0 Å². The van der Waals surface area contributed by atoms with Crippen molar-refractivity contribution in [3.8, 4) is 0 Å². The standard InChI is InChI=1S/C13H9BrClFO2S/c14-10-5-9(6-12(16)7-10)8-19(17,18)13-3-1-11(15)2-4-13/h1-7H,8H2. The Hall–Kier alpha value is -0.910. The van der Waals surface area contributed by atoms with E-state index in [9.17, 15) is 12.8 Å². The molecule has 19 heavy (non-hydrogen) atoms. The Morgan fingerprint density at radius 2 is 1.74 bits per heavy atom. The maximum absolute atomic E-state index is 13.2. The van der Waals surface area contributed by atoms with Crippen molar-refractivity contribution in [3.05, 3.63) is 63.3 Å². The highest BCUT2D eigenvalue weighted by molar-refractivity contribution is 9.10. The van der Waals surface area contributed by atoms with Gasteiger partial charge in [0.05, 0.1) is 10.6 Å². The minimum Gasteiger partial charge on any atom is -0.223 e. The van der Waals surface area contributed by atoms with E-state index >= 15 is 0 Å². The predicted molar refractivity (Wildman–Crippen MR) is 76.4 cm³/mol. The molecule has 2 aromatic carbocycles. The van der Waals surface area contributed by atoms with Gasteiger partial charge in [0.1, 0.15) is 5.82 Å². The first-order valence-corrected chi connectivity index (χ1v) is 8.12. The highest BCUT2D eigenvalue weighted by Crippen LogP contribution is 2.21. The van der Waals surface area contributed by atoms with Gasteiger partial charge >= 0.3 is 0 Å². The van der Waals surface area contributed by atoms with Crippen molar-refractivity contribution in [3.63, 3.8) is 0 Å². The summed E-state index contributed by atoms with van der Waals surface area (Å²) < 4.78 is 38.0. The molecule has 100 valence electrons. The van der Waals surface area contributed by atoms with Crippen molar-refractivity contribution in [2.75, 3.05) is 0 Å². The number of rotatable bonds is 3. The third-order valence-corrected chi connectivity index (χ3v) is 4.87. The topological polar surface area (TPSA) is 34.1 Å². The summed E-state index contributed by atoms with van der Waals surface area (Å²) in [6.45, 7) is 0. The molecule has 0 aromatic heterocycles. The second-order valence-electron chi connectivity index (χ2n) is 3.99. The van der Waals surface area contributed by atoms with E-state index in [1.54, 1.807) is 6.07 Å². The molecule has 0 aliphatic carbocycles. The van der Waals surface area contributed by atoms with Gasteiger partial charge in [0.15, 0.2) is 9.84 Å². The zero-order chi connectivity index (χ0) is 14.0. The van der Waals surface area contributed by atoms with E-state index in [0.717, 1.165) is 0 Å². The Balaban J connectivity index is 2.33. The average Bonchev–Trinajstić information content (AvgIpc) is 2.27. The van der Waals surface area contributed by atoms with Crippen LogP contribution in [0.15, 0.2) is 51.8 Å². The molecule has 0 atom stereocenters. The van der Waals surface area contributed by atoms with Crippen LogP contribution >= 0.6 is 27.5 Å². The van der Waals surface area contributed by atoms with Gasteiger partial charge in [-0.15, -0.1) is 0 Å². The molecular formula is C13H9BrClFO2S. The maximum Gasteiger partial charge on any atom is 0.182 e. The van der Waals surface area contributed by atoms with Crippen molar-refractivity contribution in [1.29, 1.82) is 0 Å². The summed E-state index contributed by atoms with van der Waals surface area (Å²) in [5, 5.41) is 0.465. The van der Waals surface area contributed by atoms with Crippen LogP contribution in [-0.2, 0) is 15.6 Å². The number of benzene rings is 2. The molecule has 0 bridgehead atoms. The first-order chi connectivity index (χ1) is 8.87. The van der Waals surface area contributed by atoms with Crippen LogP contribution in [0.2, 0.25) is 5.02 Å². The number of hydrogen-bond acceptors (Lipinski definition) is 2. The highest BCUT2D eigenvalue weighted by Gasteiger charge is 2.16. The summed E-state index contributed by atoms with van der Waals surface area (Å²) >= 11 is 8.85. The van der Waals surface area contributed by atoms with Gasteiger partial charge in [0.25, 0.3) is 0 Å². The van der Waals surface area contributed by atoms with Gasteiger partial charge in [0, 0.05) is 9.50 Å². The summed E-state index contributed by atoms with van der Waals surface area (Å²) in [7, 11) is -3.51. The summed E-state index contributed by atoms with van der Waals surface area (Å²) in [5.74, 6) is -0.735. The molecule has 6 heteroatoms. The Labute approximate surface area is 124 Å². The third-order valence-electron chi connectivity index (χ3n) is 2.45. The van der Waals surface area contributed by atoms with Crippen molar-refractivity contribution < 1.29 is 12.8 Å². The minimum atomic E-state index is -3.51. The fourth-order valence-electron chi connectivity index (χ4n) is 1.64. The van der Waals surface area contributed by atoms with Crippen LogP contribution < -0.4 is 0 Å². The normalized spacial score (nSPS) is 11.5. The van der Waals surface area contributed by atoms with Gasteiger partial charge in [-0.1, -0.05) is 27.5 Å². The Morgan fingerprint density at radius 3 is 2.32 bits per heavy atom. The molecule has 2 rings (SSSR count). The van der Waals surface area contributed by atoms with E-state index in [1.807, 2.05) is 0 Å². The molecule has 0 heterocycles. The molecule has 0 aliphatic rings. The van der Waals surface area contributed by atoms with Crippen LogP contribution in [0.1, 0.15) is 5.56 Å². The average molecular weight is 364 g/mol. The van der Waals surface area contributed by atoms with Crippen molar-refractivity contribution in [2.45, 2.75) is 10.6 Å². The molecule has 0 amide bonds.